The van der Waals surface area contributed by atoms with Crippen LogP contribution in [-0.4, -0.2) is 50.6 Å². The molecule has 1 atom stereocenters. The van der Waals surface area contributed by atoms with Crippen LogP contribution in [0.2, 0.25) is 0 Å². The van der Waals surface area contributed by atoms with Gasteiger partial charge in [0.25, 0.3) is 0 Å². The summed E-state index contributed by atoms with van der Waals surface area (Å²) in [5.74, 6) is 1.66. The Morgan fingerprint density at radius 3 is 2.92 bits per heavy atom. The van der Waals surface area contributed by atoms with Crippen molar-refractivity contribution >= 4 is 5.96 Å². The molecule has 2 rings (SSSR count). The normalized spacial score (nSPS) is 20.5. The van der Waals surface area contributed by atoms with E-state index in [4.69, 9.17) is 9.47 Å². The maximum absolute atomic E-state index is 9.34. The molecule has 1 unspecified atom stereocenters. The summed E-state index contributed by atoms with van der Waals surface area (Å²) in [7, 11) is 0. The Balaban J connectivity index is 1.96. The van der Waals surface area contributed by atoms with Gasteiger partial charge < -0.3 is 25.2 Å². The second-order valence-electron chi connectivity index (χ2n) is 6.41. The SMILES string of the molecule is CCNC(=NCc1cccc(OCC)c1)NCC1(CCO)CCOC1. The van der Waals surface area contributed by atoms with Crippen LogP contribution in [0.25, 0.3) is 0 Å². The van der Waals surface area contributed by atoms with Gasteiger partial charge in [0.05, 0.1) is 19.8 Å². The Kier molecular flexibility index (Phi) is 8.01. The predicted molar refractivity (Wildman–Crippen MR) is 100 cm³/mol. The molecule has 0 aromatic heterocycles. The molecule has 140 valence electrons. The third-order valence-electron chi connectivity index (χ3n) is 4.43. The number of rotatable bonds is 9. The zero-order valence-corrected chi connectivity index (χ0v) is 15.4. The summed E-state index contributed by atoms with van der Waals surface area (Å²) in [6, 6.07) is 8.02. The first-order valence-electron chi connectivity index (χ1n) is 9.14. The smallest absolute Gasteiger partial charge is 0.191 e. The minimum Gasteiger partial charge on any atom is -0.494 e. The standard InChI is InChI=1S/C19H31N3O3/c1-3-20-18(22-14-19(8-10-23)9-11-24-15-19)21-13-16-6-5-7-17(12-16)25-4-2/h5-7,12,23H,3-4,8-11,13-15H2,1-2H3,(H2,20,21,22). The zero-order chi connectivity index (χ0) is 18.0. The number of benzene rings is 1. The molecular weight excluding hydrogens is 318 g/mol. The zero-order valence-electron chi connectivity index (χ0n) is 15.4. The van der Waals surface area contributed by atoms with Gasteiger partial charge in [0.1, 0.15) is 5.75 Å². The molecule has 25 heavy (non-hydrogen) atoms. The molecule has 1 aromatic rings. The van der Waals surface area contributed by atoms with Crippen molar-refractivity contribution in [1.82, 2.24) is 10.6 Å². The monoisotopic (exact) mass is 349 g/mol. The molecule has 1 aliphatic heterocycles. The molecule has 1 aromatic carbocycles. The van der Waals surface area contributed by atoms with E-state index in [9.17, 15) is 5.11 Å². The first-order valence-corrected chi connectivity index (χ1v) is 9.14. The van der Waals surface area contributed by atoms with E-state index in [2.05, 4.69) is 22.5 Å². The lowest BCUT2D eigenvalue weighted by Gasteiger charge is -2.27. The average molecular weight is 349 g/mol. The number of hydrogen-bond acceptors (Lipinski definition) is 4. The molecular formula is C19H31N3O3. The number of ether oxygens (including phenoxy) is 2. The summed E-state index contributed by atoms with van der Waals surface area (Å²) in [6.45, 7) is 8.46. The van der Waals surface area contributed by atoms with Crippen molar-refractivity contribution in [1.29, 1.82) is 0 Å². The third kappa shape index (κ3) is 6.21. The Morgan fingerprint density at radius 2 is 2.24 bits per heavy atom. The highest BCUT2D eigenvalue weighted by Crippen LogP contribution is 2.31. The van der Waals surface area contributed by atoms with E-state index in [-0.39, 0.29) is 12.0 Å². The van der Waals surface area contributed by atoms with Gasteiger partial charge in [-0.1, -0.05) is 12.1 Å². The van der Waals surface area contributed by atoms with Crippen molar-refractivity contribution in [3.05, 3.63) is 29.8 Å². The van der Waals surface area contributed by atoms with Gasteiger partial charge in [0.15, 0.2) is 5.96 Å². The van der Waals surface area contributed by atoms with Crippen molar-refractivity contribution in [2.45, 2.75) is 33.2 Å². The highest BCUT2D eigenvalue weighted by molar-refractivity contribution is 5.79. The maximum Gasteiger partial charge on any atom is 0.191 e. The van der Waals surface area contributed by atoms with Gasteiger partial charge >= 0.3 is 0 Å². The molecule has 1 fully saturated rings. The lowest BCUT2D eigenvalue weighted by atomic mass is 9.84. The Bertz CT molecular complexity index is 542. The molecule has 0 aliphatic carbocycles. The second kappa shape index (κ2) is 10.3. The van der Waals surface area contributed by atoms with E-state index in [1.54, 1.807) is 0 Å². The molecule has 6 heteroatoms. The molecule has 6 nitrogen and oxygen atoms in total. The third-order valence-corrected chi connectivity index (χ3v) is 4.43. The van der Waals surface area contributed by atoms with Gasteiger partial charge in [0, 0.05) is 31.7 Å². The fourth-order valence-electron chi connectivity index (χ4n) is 3.00. The number of nitrogens with zero attached hydrogens (tertiary/aromatic N) is 1. The Labute approximate surface area is 150 Å². The van der Waals surface area contributed by atoms with Crippen molar-refractivity contribution in [2.24, 2.45) is 10.4 Å². The van der Waals surface area contributed by atoms with Gasteiger partial charge in [-0.25, -0.2) is 4.99 Å². The summed E-state index contributed by atoms with van der Waals surface area (Å²) in [4.78, 5) is 4.67. The highest BCUT2D eigenvalue weighted by atomic mass is 16.5. The van der Waals surface area contributed by atoms with Crippen molar-refractivity contribution in [3.63, 3.8) is 0 Å². The molecule has 1 saturated heterocycles. The summed E-state index contributed by atoms with van der Waals surface area (Å²) < 4.78 is 11.1. The topological polar surface area (TPSA) is 75.1 Å². The average Bonchev–Trinajstić information content (AvgIpc) is 3.07. The Hall–Kier alpha value is -1.79. The quantitative estimate of drug-likeness (QED) is 0.469. The second-order valence-corrected chi connectivity index (χ2v) is 6.41. The van der Waals surface area contributed by atoms with Gasteiger partial charge in [-0.05, 0) is 44.4 Å². The minimum absolute atomic E-state index is 0.000175. The van der Waals surface area contributed by atoms with Crippen LogP contribution in [-0.2, 0) is 11.3 Å². The van der Waals surface area contributed by atoms with Crippen molar-refractivity contribution < 1.29 is 14.6 Å². The molecule has 0 spiro atoms. The molecule has 3 N–H and O–H groups in total. The summed E-state index contributed by atoms with van der Waals surface area (Å²) in [6.07, 6.45) is 1.71. The van der Waals surface area contributed by atoms with Crippen LogP contribution in [0.1, 0.15) is 32.3 Å². The summed E-state index contributed by atoms with van der Waals surface area (Å²) >= 11 is 0. The Morgan fingerprint density at radius 1 is 1.36 bits per heavy atom. The van der Waals surface area contributed by atoms with Gasteiger partial charge in [0.2, 0.25) is 0 Å². The molecule has 0 bridgehead atoms. The van der Waals surface area contributed by atoms with Gasteiger partial charge in [-0.15, -0.1) is 0 Å². The molecule has 1 heterocycles. The first kappa shape index (κ1) is 19.5. The van der Waals surface area contributed by atoms with Crippen LogP contribution in [0.4, 0.5) is 0 Å². The van der Waals surface area contributed by atoms with Gasteiger partial charge in [-0.2, -0.15) is 0 Å². The molecule has 0 saturated carbocycles. The predicted octanol–water partition coefficient (Wildman–Crippen LogP) is 1.93. The van der Waals surface area contributed by atoms with Crippen LogP contribution in [0.15, 0.2) is 29.3 Å². The highest BCUT2D eigenvalue weighted by Gasteiger charge is 2.34. The fourth-order valence-corrected chi connectivity index (χ4v) is 3.00. The van der Waals surface area contributed by atoms with E-state index in [0.717, 1.165) is 49.8 Å². The fraction of sp³-hybridized carbons (Fsp3) is 0.632. The lowest BCUT2D eigenvalue weighted by Crippen LogP contribution is -2.44. The van der Waals surface area contributed by atoms with Crippen LogP contribution >= 0.6 is 0 Å². The largest absolute Gasteiger partial charge is 0.494 e. The van der Waals surface area contributed by atoms with Crippen LogP contribution in [0.3, 0.4) is 0 Å². The number of aliphatic hydroxyl groups excluding tert-OH is 1. The number of aliphatic hydroxyl groups is 1. The van der Waals surface area contributed by atoms with Gasteiger partial charge in [-0.3, -0.25) is 0 Å². The summed E-state index contributed by atoms with van der Waals surface area (Å²) in [5.41, 5.74) is 1.11. The molecule has 1 aliphatic rings. The van der Waals surface area contributed by atoms with Crippen LogP contribution in [0.5, 0.6) is 5.75 Å². The number of aliphatic imine (C=N–C) groups is 1. The number of nitrogens with one attached hydrogen (secondary N) is 2. The van der Waals surface area contributed by atoms with E-state index in [1.807, 2.05) is 31.2 Å². The van der Waals surface area contributed by atoms with Crippen LogP contribution < -0.4 is 15.4 Å². The van der Waals surface area contributed by atoms with E-state index >= 15 is 0 Å². The lowest BCUT2D eigenvalue weighted by molar-refractivity contribution is 0.127. The van der Waals surface area contributed by atoms with E-state index < -0.39 is 0 Å². The first-order chi connectivity index (χ1) is 12.2. The van der Waals surface area contributed by atoms with E-state index in [1.165, 1.54) is 0 Å². The number of guanidine groups is 1. The molecule has 0 radical (unpaired) electrons. The molecule has 0 amide bonds. The minimum atomic E-state index is -0.000175. The maximum atomic E-state index is 9.34. The summed E-state index contributed by atoms with van der Waals surface area (Å²) in [5, 5.41) is 16.0. The van der Waals surface area contributed by atoms with Crippen molar-refractivity contribution in [3.8, 4) is 5.75 Å². The van der Waals surface area contributed by atoms with E-state index in [0.29, 0.717) is 19.8 Å². The van der Waals surface area contributed by atoms with Crippen LogP contribution in [0, 0.1) is 5.41 Å². The number of hydrogen-bond donors (Lipinski definition) is 3. The van der Waals surface area contributed by atoms with Crippen molar-refractivity contribution in [2.75, 3.05) is 39.5 Å².